The Morgan fingerprint density at radius 1 is 0.231 bits per heavy atom. The minimum Gasteiger partial charge on any atom is -0.0623 e. The van der Waals surface area contributed by atoms with Crippen LogP contribution in [0.25, 0.3) is 0 Å². The molecular weight excluding hydrogens is 328 g/mol. The van der Waals surface area contributed by atoms with Gasteiger partial charge in [0.25, 0.3) is 0 Å². The second-order valence-corrected chi connectivity index (χ2v) is 2.31. The van der Waals surface area contributed by atoms with Gasteiger partial charge in [-0.25, -0.2) is 0 Å². The van der Waals surface area contributed by atoms with E-state index in [2.05, 4.69) is 0 Å². The largest absolute Gasteiger partial charge is 0.0623 e. The predicted octanol–water partition coefficient (Wildman–Crippen LogP) is 3.37. The molecule has 0 aromatic heterocycles. The molecule has 0 atom stereocenters. The fraction of sp³-hybridized carbons (Fsp3) is 0. The van der Waals surface area contributed by atoms with E-state index in [1.54, 1.807) is 0 Å². The number of hydrogen-bond acceptors (Lipinski definition) is 0. The fourth-order valence-corrected chi connectivity index (χ4v) is 0.770. The Morgan fingerprint density at radius 3 is 0.385 bits per heavy atom. The molecule has 66 valence electrons. The molecule has 0 nitrogen and oxygen atoms in total. The first-order chi connectivity index (χ1) is 6.00. The van der Waals surface area contributed by atoms with Crippen molar-refractivity contribution in [2.45, 2.75) is 0 Å². The van der Waals surface area contributed by atoms with Crippen molar-refractivity contribution < 1.29 is 21.1 Å². The first kappa shape index (κ1) is 12.1. The van der Waals surface area contributed by atoms with Gasteiger partial charge in [-0.1, -0.05) is 72.8 Å². The minimum absolute atomic E-state index is 0. The maximum Gasteiger partial charge on any atom is 0 e. The molecule has 13 heavy (non-hydrogen) atoms. The van der Waals surface area contributed by atoms with Gasteiger partial charge in [0.05, 0.1) is 0 Å². The molecule has 0 saturated heterocycles. The van der Waals surface area contributed by atoms with Crippen LogP contribution in [0.15, 0.2) is 72.8 Å². The van der Waals surface area contributed by atoms with Gasteiger partial charge in [-0.05, 0) is 0 Å². The topological polar surface area (TPSA) is 0 Å². The number of benzene rings is 2. The van der Waals surface area contributed by atoms with Crippen LogP contribution in [0.5, 0.6) is 0 Å². The normalized spacial score (nSPS) is 7.38. The fourth-order valence-electron chi connectivity index (χ4n) is 0.770. The number of rotatable bonds is 0. The molecule has 2 aromatic carbocycles. The van der Waals surface area contributed by atoms with Gasteiger partial charge in [0, 0.05) is 21.1 Å². The molecular formula is C12H12W. The molecule has 0 fully saturated rings. The van der Waals surface area contributed by atoms with E-state index in [4.69, 9.17) is 0 Å². The van der Waals surface area contributed by atoms with Crippen molar-refractivity contribution in [2.75, 3.05) is 0 Å². The quantitative estimate of drug-likeness (QED) is 0.690. The maximum absolute atomic E-state index is 2.00. The molecule has 0 N–H and O–H groups in total. The van der Waals surface area contributed by atoms with Crippen LogP contribution in [0.2, 0.25) is 0 Å². The van der Waals surface area contributed by atoms with Crippen molar-refractivity contribution in [2.24, 2.45) is 0 Å². The van der Waals surface area contributed by atoms with Gasteiger partial charge in [-0.3, -0.25) is 0 Å². The third kappa shape index (κ3) is 7.49. The molecule has 0 aliphatic carbocycles. The maximum atomic E-state index is 2.00. The predicted molar refractivity (Wildman–Crippen MR) is 52.9 cm³/mol. The average molecular weight is 340 g/mol. The Morgan fingerprint density at radius 2 is 0.308 bits per heavy atom. The van der Waals surface area contributed by atoms with Crippen molar-refractivity contribution in [1.82, 2.24) is 0 Å². The van der Waals surface area contributed by atoms with Crippen molar-refractivity contribution >= 4 is 0 Å². The van der Waals surface area contributed by atoms with Gasteiger partial charge >= 0.3 is 0 Å². The molecule has 0 radical (unpaired) electrons. The second-order valence-electron chi connectivity index (χ2n) is 2.31. The third-order valence-corrected chi connectivity index (χ3v) is 1.33. The van der Waals surface area contributed by atoms with Crippen molar-refractivity contribution in [1.29, 1.82) is 0 Å². The van der Waals surface area contributed by atoms with Gasteiger partial charge in [0.2, 0.25) is 0 Å². The Balaban J connectivity index is 0.000000206. The summed E-state index contributed by atoms with van der Waals surface area (Å²) in [5.74, 6) is 0. The summed E-state index contributed by atoms with van der Waals surface area (Å²) in [6.45, 7) is 0. The Kier molecular flexibility index (Phi) is 8.60. The van der Waals surface area contributed by atoms with Crippen LogP contribution < -0.4 is 0 Å². The first-order valence-electron chi connectivity index (χ1n) is 4.00. The van der Waals surface area contributed by atoms with Gasteiger partial charge in [-0.2, -0.15) is 0 Å². The molecule has 0 spiro atoms. The Bertz CT molecular complexity index is 181. The van der Waals surface area contributed by atoms with E-state index < -0.39 is 0 Å². The smallest absolute Gasteiger partial charge is 0 e. The van der Waals surface area contributed by atoms with Gasteiger partial charge in [-0.15, -0.1) is 0 Å². The zero-order valence-electron chi connectivity index (χ0n) is 7.34. The average Bonchev–Trinajstić information content (AvgIpc) is 2.24. The van der Waals surface area contributed by atoms with Crippen LogP contribution >= 0.6 is 0 Å². The summed E-state index contributed by atoms with van der Waals surface area (Å²) in [6.07, 6.45) is 0. The summed E-state index contributed by atoms with van der Waals surface area (Å²) in [6, 6.07) is 24.0. The number of hydrogen-bond donors (Lipinski definition) is 0. The molecule has 0 aliphatic rings. The minimum atomic E-state index is 0. The van der Waals surface area contributed by atoms with Crippen LogP contribution in [0, 0.1) is 0 Å². The zero-order valence-corrected chi connectivity index (χ0v) is 10.3. The van der Waals surface area contributed by atoms with Crippen LogP contribution in [0.1, 0.15) is 0 Å². The van der Waals surface area contributed by atoms with Crippen molar-refractivity contribution in [3.05, 3.63) is 72.8 Å². The monoisotopic (exact) mass is 340 g/mol. The van der Waals surface area contributed by atoms with Crippen LogP contribution in [-0.4, -0.2) is 0 Å². The molecule has 0 aliphatic heterocycles. The molecule has 0 heterocycles. The van der Waals surface area contributed by atoms with E-state index in [-0.39, 0.29) is 21.1 Å². The van der Waals surface area contributed by atoms with E-state index in [1.165, 1.54) is 0 Å². The summed E-state index contributed by atoms with van der Waals surface area (Å²) in [5.41, 5.74) is 0. The SMILES string of the molecule is [W].c1ccccc1.c1ccccc1. The first-order valence-corrected chi connectivity index (χ1v) is 4.00. The third-order valence-electron chi connectivity index (χ3n) is 1.33. The van der Waals surface area contributed by atoms with Crippen LogP contribution in [0.4, 0.5) is 0 Å². The molecule has 2 rings (SSSR count). The van der Waals surface area contributed by atoms with Crippen LogP contribution in [0.3, 0.4) is 0 Å². The van der Waals surface area contributed by atoms with E-state index in [0.717, 1.165) is 0 Å². The van der Waals surface area contributed by atoms with Gasteiger partial charge < -0.3 is 0 Å². The van der Waals surface area contributed by atoms with E-state index >= 15 is 0 Å². The summed E-state index contributed by atoms with van der Waals surface area (Å²) < 4.78 is 0. The molecule has 0 unspecified atom stereocenters. The molecule has 0 amide bonds. The van der Waals surface area contributed by atoms with Crippen molar-refractivity contribution in [3.8, 4) is 0 Å². The van der Waals surface area contributed by atoms with E-state index in [1.807, 2.05) is 72.8 Å². The summed E-state index contributed by atoms with van der Waals surface area (Å²) in [5, 5.41) is 0. The molecule has 2 aromatic rings. The molecule has 1 heteroatoms. The van der Waals surface area contributed by atoms with Crippen LogP contribution in [-0.2, 0) is 21.1 Å². The summed E-state index contributed by atoms with van der Waals surface area (Å²) in [4.78, 5) is 0. The zero-order chi connectivity index (χ0) is 8.49. The van der Waals surface area contributed by atoms with Crippen molar-refractivity contribution in [3.63, 3.8) is 0 Å². The second kappa shape index (κ2) is 9.22. The van der Waals surface area contributed by atoms with Gasteiger partial charge in [0.1, 0.15) is 0 Å². The van der Waals surface area contributed by atoms with E-state index in [0.29, 0.717) is 0 Å². The Hall–Kier alpha value is -0.872. The summed E-state index contributed by atoms with van der Waals surface area (Å²) >= 11 is 0. The van der Waals surface area contributed by atoms with Gasteiger partial charge in [0.15, 0.2) is 0 Å². The summed E-state index contributed by atoms with van der Waals surface area (Å²) in [7, 11) is 0. The molecule has 0 bridgehead atoms. The van der Waals surface area contributed by atoms with E-state index in [9.17, 15) is 0 Å². The molecule has 0 saturated carbocycles. The standard InChI is InChI=1S/2C6H6.W/c2*1-2-4-6-5-3-1;/h2*1-6H;. The Labute approximate surface area is 93.9 Å².